The van der Waals surface area contributed by atoms with Gasteiger partial charge in [0.05, 0.1) is 0 Å². The number of ether oxygens (including phenoxy) is 3. The van der Waals surface area contributed by atoms with E-state index in [0.717, 1.165) is 109 Å². The number of carbonyl (C=O) groups is 3. The van der Waals surface area contributed by atoms with Crippen LogP contribution in [0.2, 0.25) is 0 Å². The maximum absolute atomic E-state index is 12.9. The third kappa shape index (κ3) is 66.4. The lowest BCUT2D eigenvalue weighted by Crippen LogP contribution is -2.30. The van der Waals surface area contributed by atoms with Gasteiger partial charge in [0.2, 0.25) is 0 Å². The fourth-order valence-electron chi connectivity index (χ4n) is 9.30. The van der Waals surface area contributed by atoms with Crippen molar-refractivity contribution >= 4 is 17.9 Å². The van der Waals surface area contributed by atoms with Gasteiger partial charge in [-0.15, -0.1) is 0 Å². The Balaban J connectivity index is 4.46. The molecule has 0 aromatic rings. The Kier molecular flexibility index (Phi) is 65.3. The highest BCUT2D eigenvalue weighted by Crippen LogP contribution is 2.16. The van der Waals surface area contributed by atoms with Crippen LogP contribution in [0.15, 0.2) is 134 Å². The molecule has 466 valence electrons. The van der Waals surface area contributed by atoms with Crippen LogP contribution in [0, 0.1) is 0 Å². The average molecular weight is 1140 g/mol. The summed E-state index contributed by atoms with van der Waals surface area (Å²) in [5.74, 6) is -0.956. The summed E-state index contributed by atoms with van der Waals surface area (Å²) in [5.41, 5.74) is 0. The molecule has 0 aromatic carbocycles. The Morgan fingerprint density at radius 2 is 0.488 bits per heavy atom. The maximum Gasteiger partial charge on any atom is 0.306 e. The van der Waals surface area contributed by atoms with Crippen LogP contribution in [-0.2, 0) is 28.6 Å². The van der Waals surface area contributed by atoms with Gasteiger partial charge < -0.3 is 14.2 Å². The first-order valence-corrected chi connectivity index (χ1v) is 34.2. The Labute approximate surface area is 506 Å². The number of hydrogen-bond donors (Lipinski definition) is 0. The van der Waals surface area contributed by atoms with Crippen LogP contribution in [0.1, 0.15) is 310 Å². The van der Waals surface area contributed by atoms with Gasteiger partial charge in [-0.05, 0) is 116 Å². The van der Waals surface area contributed by atoms with Crippen molar-refractivity contribution < 1.29 is 28.6 Å². The first-order chi connectivity index (χ1) is 40.5. The van der Waals surface area contributed by atoms with E-state index in [2.05, 4.69) is 154 Å². The smallest absolute Gasteiger partial charge is 0.306 e. The average Bonchev–Trinajstić information content (AvgIpc) is 3.47. The van der Waals surface area contributed by atoms with E-state index in [1.165, 1.54) is 154 Å². The first kappa shape index (κ1) is 77.5. The van der Waals surface area contributed by atoms with E-state index in [1.54, 1.807) is 0 Å². The Bertz CT molecular complexity index is 1730. The van der Waals surface area contributed by atoms with Crippen molar-refractivity contribution in [3.05, 3.63) is 134 Å². The van der Waals surface area contributed by atoms with Crippen LogP contribution < -0.4 is 0 Å². The topological polar surface area (TPSA) is 78.9 Å². The van der Waals surface area contributed by atoms with Crippen molar-refractivity contribution in [2.45, 2.75) is 316 Å². The molecule has 0 spiro atoms. The van der Waals surface area contributed by atoms with Crippen molar-refractivity contribution in [3.8, 4) is 0 Å². The molecular formula is C76H126O6. The molecule has 0 rings (SSSR count). The Morgan fingerprint density at radius 3 is 0.817 bits per heavy atom. The lowest BCUT2D eigenvalue weighted by atomic mass is 10.0. The molecule has 6 heteroatoms. The highest BCUT2D eigenvalue weighted by Gasteiger charge is 2.19. The predicted molar refractivity (Wildman–Crippen MR) is 357 cm³/mol. The molecule has 0 N–H and O–H groups in total. The SMILES string of the molecule is CC/C=C\C/C=C\C/C=C\C/C=C\C/C=C\C/C=C\C/C=C\C/C=C\C/C=C\CCCC(=O)OCC(COC(=O)CCCCCCCCCCCCCCCCCC)OC(=O)CCCCCCCCCCC/C=C\C/C=C\CCCCC. The quantitative estimate of drug-likeness (QED) is 0.0261. The lowest BCUT2D eigenvalue weighted by molar-refractivity contribution is -0.167. The molecule has 6 nitrogen and oxygen atoms in total. The second-order valence-corrected chi connectivity index (χ2v) is 22.4. The molecule has 0 saturated heterocycles. The molecule has 0 aliphatic carbocycles. The van der Waals surface area contributed by atoms with Gasteiger partial charge in [0, 0.05) is 19.3 Å². The second kappa shape index (κ2) is 69.0. The first-order valence-electron chi connectivity index (χ1n) is 34.2. The third-order valence-electron chi connectivity index (χ3n) is 14.4. The van der Waals surface area contributed by atoms with E-state index in [1.807, 2.05) is 0 Å². The highest BCUT2D eigenvalue weighted by molar-refractivity contribution is 5.71. The van der Waals surface area contributed by atoms with Crippen molar-refractivity contribution in [2.24, 2.45) is 0 Å². The van der Waals surface area contributed by atoms with Gasteiger partial charge in [0.25, 0.3) is 0 Å². The Hall–Kier alpha value is -4.45. The van der Waals surface area contributed by atoms with Gasteiger partial charge in [-0.25, -0.2) is 0 Å². The molecule has 1 unspecified atom stereocenters. The minimum atomic E-state index is -0.808. The van der Waals surface area contributed by atoms with Crippen LogP contribution in [0.5, 0.6) is 0 Å². The Morgan fingerprint density at radius 1 is 0.256 bits per heavy atom. The van der Waals surface area contributed by atoms with Gasteiger partial charge in [-0.2, -0.15) is 0 Å². The summed E-state index contributed by atoms with van der Waals surface area (Å²) < 4.78 is 16.9. The number of allylic oxidation sites excluding steroid dienone is 22. The molecule has 0 saturated carbocycles. The fourth-order valence-corrected chi connectivity index (χ4v) is 9.30. The number of esters is 3. The predicted octanol–water partition coefficient (Wildman–Crippen LogP) is 23.7. The van der Waals surface area contributed by atoms with Gasteiger partial charge in [-0.1, -0.05) is 309 Å². The zero-order valence-corrected chi connectivity index (χ0v) is 53.5. The molecular weight excluding hydrogens is 1010 g/mol. The summed E-state index contributed by atoms with van der Waals surface area (Å²) in [4.78, 5) is 38.4. The largest absolute Gasteiger partial charge is 0.462 e. The monoisotopic (exact) mass is 1130 g/mol. The summed E-state index contributed by atoms with van der Waals surface area (Å²) in [6, 6.07) is 0. The van der Waals surface area contributed by atoms with E-state index in [0.29, 0.717) is 19.3 Å². The molecule has 0 bridgehead atoms. The molecule has 0 amide bonds. The molecule has 0 aliphatic rings. The summed E-state index contributed by atoms with van der Waals surface area (Å²) in [5, 5.41) is 0. The zero-order chi connectivity index (χ0) is 59.2. The molecule has 0 radical (unpaired) electrons. The minimum Gasteiger partial charge on any atom is -0.462 e. The van der Waals surface area contributed by atoms with Crippen LogP contribution in [-0.4, -0.2) is 37.2 Å². The second-order valence-electron chi connectivity index (χ2n) is 22.4. The van der Waals surface area contributed by atoms with E-state index in [9.17, 15) is 14.4 Å². The summed E-state index contributed by atoms with van der Waals surface area (Å²) in [6.07, 6.45) is 97.5. The van der Waals surface area contributed by atoms with Gasteiger partial charge in [0.1, 0.15) is 13.2 Å². The summed E-state index contributed by atoms with van der Waals surface area (Å²) >= 11 is 0. The maximum atomic E-state index is 12.9. The van der Waals surface area contributed by atoms with Crippen LogP contribution in [0.4, 0.5) is 0 Å². The van der Waals surface area contributed by atoms with E-state index >= 15 is 0 Å². The van der Waals surface area contributed by atoms with E-state index < -0.39 is 6.10 Å². The van der Waals surface area contributed by atoms with Gasteiger partial charge >= 0.3 is 17.9 Å². The van der Waals surface area contributed by atoms with Gasteiger partial charge in [-0.3, -0.25) is 14.4 Å². The third-order valence-corrected chi connectivity index (χ3v) is 14.4. The minimum absolute atomic E-state index is 0.0982. The molecule has 0 fully saturated rings. The van der Waals surface area contributed by atoms with Crippen LogP contribution >= 0.6 is 0 Å². The van der Waals surface area contributed by atoms with E-state index in [4.69, 9.17) is 14.2 Å². The lowest BCUT2D eigenvalue weighted by Gasteiger charge is -2.18. The molecule has 0 aliphatic heterocycles. The number of unbranched alkanes of at least 4 members (excludes halogenated alkanes) is 28. The standard InChI is InChI=1S/C76H126O6/c1-4-7-10-13-16-19-22-25-28-31-33-34-35-36-37-38-39-40-41-42-44-45-48-51-54-57-60-63-66-69-75(78)81-72-73(71-80-74(77)68-65-62-59-56-53-50-47-30-27-24-21-18-15-12-9-6-3)82-76(79)70-67-64-61-58-55-52-49-46-43-32-29-26-23-20-17-14-11-8-5-2/h7,10,16-17,19-20,25-26,28-29,33-34,36-37,39-40,42,44,48,51,57,60,73H,4-6,8-9,11-15,18,21-24,27,30-32,35,38,41,43,45-47,49-50,52-56,58-59,61-72H2,1-3H3/b10-7-,19-16-,20-17-,28-25-,29-26-,34-33-,37-36-,40-39-,44-42-,51-48-,60-57-. The van der Waals surface area contributed by atoms with Crippen molar-refractivity contribution in [3.63, 3.8) is 0 Å². The van der Waals surface area contributed by atoms with E-state index in [-0.39, 0.29) is 37.5 Å². The molecule has 1 atom stereocenters. The number of hydrogen-bond acceptors (Lipinski definition) is 6. The number of rotatable bonds is 61. The zero-order valence-electron chi connectivity index (χ0n) is 53.5. The van der Waals surface area contributed by atoms with Crippen molar-refractivity contribution in [2.75, 3.05) is 13.2 Å². The molecule has 0 heterocycles. The van der Waals surface area contributed by atoms with Crippen LogP contribution in [0.3, 0.4) is 0 Å². The molecule has 82 heavy (non-hydrogen) atoms. The summed E-state index contributed by atoms with van der Waals surface area (Å²) in [7, 11) is 0. The normalized spacial score (nSPS) is 13.0. The fraction of sp³-hybridized carbons (Fsp3) is 0.671. The van der Waals surface area contributed by atoms with Crippen LogP contribution in [0.25, 0.3) is 0 Å². The number of carbonyl (C=O) groups excluding carboxylic acids is 3. The highest BCUT2D eigenvalue weighted by atomic mass is 16.6. The van der Waals surface area contributed by atoms with Crippen molar-refractivity contribution in [1.29, 1.82) is 0 Å². The van der Waals surface area contributed by atoms with Crippen molar-refractivity contribution in [1.82, 2.24) is 0 Å². The summed E-state index contributed by atoms with van der Waals surface area (Å²) in [6.45, 7) is 6.48. The van der Waals surface area contributed by atoms with Gasteiger partial charge in [0.15, 0.2) is 6.10 Å². The molecule has 0 aromatic heterocycles.